The number of likely N-dealkylation sites (N-methyl/N-ethyl adjacent to an activating group) is 1. The third-order valence-electron chi connectivity index (χ3n) is 3.12. The minimum atomic E-state index is -1.64. The van der Waals surface area contributed by atoms with Gasteiger partial charge >= 0.3 is 0 Å². The van der Waals surface area contributed by atoms with Crippen LogP contribution in [-0.2, 0) is 4.79 Å². The SMILES string of the molecule is C[N+](C)(C)CC(=O)[O-].OC1C(O)C(O)C(O)C(O)C1O.OCC(O)CO. The van der Waals surface area contributed by atoms with Crippen LogP contribution in [0.3, 0.4) is 0 Å². The van der Waals surface area contributed by atoms with Crippen molar-refractivity contribution in [1.29, 1.82) is 0 Å². The molecule has 26 heavy (non-hydrogen) atoms. The lowest BCUT2D eigenvalue weighted by atomic mass is 9.85. The molecule has 0 aromatic rings. The zero-order chi connectivity index (χ0) is 21.2. The van der Waals surface area contributed by atoms with Crippen LogP contribution in [0.1, 0.15) is 0 Å². The van der Waals surface area contributed by atoms with E-state index in [4.69, 9.17) is 46.0 Å². The molecular formula is C14H31NO11. The van der Waals surface area contributed by atoms with Crippen molar-refractivity contribution in [3.8, 4) is 0 Å². The molecule has 0 aliphatic heterocycles. The molecule has 0 radical (unpaired) electrons. The summed E-state index contributed by atoms with van der Waals surface area (Å²) in [6.07, 6.45) is -10.8. The number of carbonyl (C=O) groups excluding carboxylic acids is 1. The van der Waals surface area contributed by atoms with Gasteiger partial charge in [-0.15, -0.1) is 0 Å². The Bertz CT molecular complexity index is 327. The van der Waals surface area contributed by atoms with Gasteiger partial charge in [0.2, 0.25) is 0 Å². The minimum absolute atomic E-state index is 0.0694. The molecule has 0 atom stereocenters. The third kappa shape index (κ3) is 10.9. The van der Waals surface area contributed by atoms with E-state index in [9.17, 15) is 9.90 Å². The molecule has 12 nitrogen and oxygen atoms in total. The van der Waals surface area contributed by atoms with E-state index in [2.05, 4.69) is 0 Å². The van der Waals surface area contributed by atoms with Gasteiger partial charge in [-0.05, 0) is 0 Å². The monoisotopic (exact) mass is 389 g/mol. The van der Waals surface area contributed by atoms with Gasteiger partial charge in [-0.1, -0.05) is 0 Å². The van der Waals surface area contributed by atoms with Crippen LogP contribution in [0.25, 0.3) is 0 Å². The summed E-state index contributed by atoms with van der Waals surface area (Å²) in [5.74, 6) is -1.00. The van der Waals surface area contributed by atoms with Gasteiger partial charge in [0.15, 0.2) is 0 Å². The molecule has 1 aliphatic rings. The highest BCUT2D eigenvalue weighted by Gasteiger charge is 2.47. The highest BCUT2D eigenvalue weighted by Crippen LogP contribution is 2.20. The highest BCUT2D eigenvalue weighted by atomic mass is 16.4. The predicted molar refractivity (Wildman–Crippen MR) is 84.1 cm³/mol. The summed E-state index contributed by atoms with van der Waals surface area (Å²) in [5.41, 5.74) is 0. The summed E-state index contributed by atoms with van der Waals surface area (Å²) < 4.78 is 0.419. The Labute approximate surface area is 151 Å². The van der Waals surface area contributed by atoms with Crippen LogP contribution in [0.15, 0.2) is 0 Å². The number of carbonyl (C=O) groups is 1. The van der Waals surface area contributed by atoms with E-state index in [0.717, 1.165) is 0 Å². The lowest BCUT2D eigenvalue weighted by Crippen LogP contribution is -2.63. The number of aliphatic carboxylic acids is 1. The molecule has 0 aromatic heterocycles. The molecule has 0 saturated heterocycles. The summed E-state index contributed by atoms with van der Waals surface area (Å²) in [6, 6.07) is 0. The summed E-state index contributed by atoms with van der Waals surface area (Å²) in [5, 5.41) is 87.7. The number of carboxylic acid groups (broad SMARTS) is 1. The number of hydrogen-bond acceptors (Lipinski definition) is 11. The van der Waals surface area contributed by atoms with Crippen LogP contribution in [0, 0.1) is 0 Å². The molecule has 0 spiro atoms. The molecule has 158 valence electrons. The second-order valence-corrected chi connectivity index (χ2v) is 6.78. The number of hydrogen-bond donors (Lipinski definition) is 9. The van der Waals surface area contributed by atoms with Crippen LogP contribution in [0.2, 0.25) is 0 Å². The fourth-order valence-corrected chi connectivity index (χ4v) is 1.66. The van der Waals surface area contributed by atoms with Gasteiger partial charge in [0.1, 0.15) is 49.3 Å². The summed E-state index contributed by atoms with van der Waals surface area (Å²) in [4.78, 5) is 9.89. The van der Waals surface area contributed by atoms with Gasteiger partial charge in [0, 0.05) is 0 Å². The lowest BCUT2D eigenvalue weighted by molar-refractivity contribution is -0.864. The number of quaternary nitrogens is 1. The van der Waals surface area contributed by atoms with Crippen LogP contribution < -0.4 is 5.11 Å². The van der Waals surface area contributed by atoms with Gasteiger partial charge in [-0.3, -0.25) is 0 Å². The second-order valence-electron chi connectivity index (χ2n) is 6.78. The molecule has 0 unspecified atom stereocenters. The van der Waals surface area contributed by atoms with E-state index in [1.54, 1.807) is 21.1 Å². The van der Waals surface area contributed by atoms with Gasteiger partial charge in [0.05, 0.1) is 40.3 Å². The molecule has 0 amide bonds. The fourth-order valence-electron chi connectivity index (χ4n) is 1.66. The van der Waals surface area contributed by atoms with E-state index >= 15 is 0 Å². The zero-order valence-electron chi connectivity index (χ0n) is 15.0. The molecule has 1 saturated carbocycles. The van der Waals surface area contributed by atoms with Crippen LogP contribution in [0.5, 0.6) is 0 Å². The van der Waals surface area contributed by atoms with Crippen LogP contribution in [-0.4, -0.2) is 140 Å². The van der Waals surface area contributed by atoms with Crippen molar-refractivity contribution >= 4 is 5.97 Å². The summed E-state index contributed by atoms with van der Waals surface area (Å²) in [6.45, 7) is -0.660. The molecule has 1 aliphatic carbocycles. The number of aliphatic hydroxyl groups excluding tert-OH is 9. The second kappa shape index (κ2) is 12.5. The number of rotatable bonds is 4. The fraction of sp³-hybridized carbons (Fsp3) is 0.929. The molecular weight excluding hydrogens is 358 g/mol. The third-order valence-corrected chi connectivity index (χ3v) is 3.12. The number of aliphatic hydroxyl groups is 9. The first-order valence-corrected chi connectivity index (χ1v) is 7.68. The first-order valence-electron chi connectivity index (χ1n) is 7.68. The Kier molecular flexibility index (Phi) is 13.1. The highest BCUT2D eigenvalue weighted by molar-refractivity contribution is 5.65. The van der Waals surface area contributed by atoms with E-state index < -0.39 is 48.7 Å². The van der Waals surface area contributed by atoms with Crippen molar-refractivity contribution in [3.05, 3.63) is 0 Å². The molecule has 9 N–H and O–H groups in total. The lowest BCUT2D eigenvalue weighted by Gasteiger charge is -2.39. The average molecular weight is 389 g/mol. The molecule has 0 aromatic carbocycles. The maximum atomic E-state index is 9.89. The largest absolute Gasteiger partial charge is 0.544 e. The van der Waals surface area contributed by atoms with Crippen molar-refractivity contribution < 1.29 is 60.3 Å². The average Bonchev–Trinajstić information content (AvgIpc) is 2.54. The molecule has 0 heterocycles. The van der Waals surface area contributed by atoms with E-state index in [1.807, 2.05) is 0 Å². The Morgan fingerprint density at radius 3 is 1.08 bits per heavy atom. The standard InChI is InChI=1S/C6H12O6.C5H11NO2.C3H8O3/c7-1-2(8)4(10)6(12)5(11)3(1)9;1-6(2,3)4-5(7)8;4-1-3(6)2-5/h1-12H;4H2,1-3H3;3-6H,1-2H2. The normalized spacial score (nSPS) is 31.4. The van der Waals surface area contributed by atoms with Crippen LogP contribution in [0.4, 0.5) is 0 Å². The van der Waals surface area contributed by atoms with Gasteiger partial charge in [0.25, 0.3) is 0 Å². The smallest absolute Gasteiger partial charge is 0.118 e. The Morgan fingerprint density at radius 1 is 0.808 bits per heavy atom. The van der Waals surface area contributed by atoms with Crippen molar-refractivity contribution in [2.75, 3.05) is 40.9 Å². The van der Waals surface area contributed by atoms with E-state index in [-0.39, 0.29) is 19.8 Å². The number of carboxylic acids is 1. The van der Waals surface area contributed by atoms with Crippen LogP contribution >= 0.6 is 0 Å². The molecule has 12 heteroatoms. The molecule has 1 rings (SSSR count). The maximum absolute atomic E-state index is 9.89. The minimum Gasteiger partial charge on any atom is -0.544 e. The molecule has 0 bridgehead atoms. The maximum Gasteiger partial charge on any atom is 0.118 e. The van der Waals surface area contributed by atoms with E-state index in [0.29, 0.717) is 4.48 Å². The Morgan fingerprint density at radius 2 is 1.04 bits per heavy atom. The van der Waals surface area contributed by atoms with E-state index in [1.165, 1.54) is 0 Å². The van der Waals surface area contributed by atoms with Crippen molar-refractivity contribution in [1.82, 2.24) is 0 Å². The summed E-state index contributed by atoms with van der Waals surface area (Å²) >= 11 is 0. The van der Waals surface area contributed by atoms with Crippen molar-refractivity contribution in [2.45, 2.75) is 42.7 Å². The van der Waals surface area contributed by atoms with Gasteiger partial charge in [-0.25, -0.2) is 0 Å². The Balaban J connectivity index is 0. The first-order chi connectivity index (χ1) is 11.7. The van der Waals surface area contributed by atoms with Gasteiger partial charge in [-0.2, -0.15) is 0 Å². The van der Waals surface area contributed by atoms with Crippen molar-refractivity contribution in [2.24, 2.45) is 0 Å². The number of nitrogens with zero attached hydrogens (tertiary/aromatic N) is 1. The summed E-state index contributed by atoms with van der Waals surface area (Å²) in [7, 11) is 5.40. The molecule has 1 fully saturated rings. The zero-order valence-corrected chi connectivity index (χ0v) is 15.0. The quantitative estimate of drug-likeness (QED) is 0.205. The topological polar surface area (TPSA) is 222 Å². The Hall–Kier alpha value is -0.930. The van der Waals surface area contributed by atoms with Crippen molar-refractivity contribution in [3.63, 3.8) is 0 Å². The first kappa shape index (κ1) is 27.3. The van der Waals surface area contributed by atoms with Gasteiger partial charge < -0.3 is 60.3 Å². The predicted octanol–water partition coefficient (Wildman–Crippen LogP) is -7.06.